The van der Waals surface area contributed by atoms with Crippen molar-refractivity contribution >= 4 is 21.4 Å². The fourth-order valence-corrected chi connectivity index (χ4v) is 3.35. The largest absolute Gasteiger partial charge is 0.399 e. The molecular weight excluding hydrogens is 278 g/mol. The molecule has 1 aromatic carbocycles. The molecule has 1 aliphatic heterocycles. The molecule has 0 amide bonds. The maximum atomic E-state index is 12.2. The Kier molecular flexibility index (Phi) is 3.95. The molecule has 1 saturated heterocycles. The highest BCUT2D eigenvalue weighted by molar-refractivity contribution is 7.89. The lowest BCUT2D eigenvalue weighted by atomic mass is 10.0. The summed E-state index contributed by atoms with van der Waals surface area (Å²) in [7, 11) is -2.17. The van der Waals surface area contributed by atoms with Gasteiger partial charge in [0.2, 0.25) is 10.0 Å². The lowest BCUT2D eigenvalue weighted by Gasteiger charge is -2.44. The summed E-state index contributed by atoms with van der Waals surface area (Å²) in [5.41, 5.74) is 6.55. The second-order valence-electron chi connectivity index (χ2n) is 5.45. The van der Waals surface area contributed by atoms with E-state index in [1.54, 1.807) is 12.1 Å². The number of rotatable bonds is 3. The maximum absolute atomic E-state index is 12.2. The van der Waals surface area contributed by atoms with Crippen molar-refractivity contribution in [1.29, 1.82) is 0 Å². The summed E-state index contributed by atoms with van der Waals surface area (Å²) in [5, 5.41) is 0. The van der Waals surface area contributed by atoms with Crippen LogP contribution in [0.1, 0.15) is 13.8 Å². The lowest BCUT2D eigenvalue weighted by molar-refractivity contribution is 0.0641. The Balaban J connectivity index is 2.57. The highest BCUT2D eigenvalue weighted by Crippen LogP contribution is 2.33. The van der Waals surface area contributed by atoms with Gasteiger partial charge in [0.15, 0.2) is 0 Å². The number of sulfonamides is 1. The number of hydrogen-bond donors (Lipinski definition) is 2. The van der Waals surface area contributed by atoms with Gasteiger partial charge in [-0.2, -0.15) is 0 Å². The molecule has 0 saturated carbocycles. The van der Waals surface area contributed by atoms with E-state index in [0.29, 0.717) is 31.1 Å². The van der Waals surface area contributed by atoms with Crippen LogP contribution in [0.25, 0.3) is 0 Å². The van der Waals surface area contributed by atoms with Gasteiger partial charge in [0.05, 0.1) is 24.4 Å². The number of nitrogens with zero attached hydrogens (tertiary/aromatic N) is 1. The zero-order valence-corrected chi connectivity index (χ0v) is 12.8. The molecular formula is C13H21N3O3S. The van der Waals surface area contributed by atoms with Crippen LogP contribution < -0.4 is 15.4 Å². The molecule has 1 heterocycles. The Morgan fingerprint density at radius 2 is 2.10 bits per heavy atom. The van der Waals surface area contributed by atoms with E-state index >= 15 is 0 Å². The molecule has 0 aromatic heterocycles. The smallest absolute Gasteiger partial charge is 0.242 e. The van der Waals surface area contributed by atoms with Gasteiger partial charge in [0.1, 0.15) is 4.90 Å². The Labute approximate surface area is 120 Å². The highest BCUT2D eigenvalue weighted by atomic mass is 32.2. The first kappa shape index (κ1) is 15.1. The van der Waals surface area contributed by atoms with Crippen LogP contribution in [0.15, 0.2) is 23.1 Å². The topological polar surface area (TPSA) is 84.7 Å². The second kappa shape index (κ2) is 5.23. The van der Waals surface area contributed by atoms with Gasteiger partial charge in [-0.25, -0.2) is 13.1 Å². The molecule has 0 atom stereocenters. The van der Waals surface area contributed by atoms with Crippen molar-refractivity contribution in [3.63, 3.8) is 0 Å². The Morgan fingerprint density at radius 3 is 2.70 bits per heavy atom. The molecule has 0 bridgehead atoms. The second-order valence-corrected chi connectivity index (χ2v) is 7.31. The molecule has 1 aromatic rings. The average molecular weight is 299 g/mol. The number of benzene rings is 1. The molecule has 112 valence electrons. The summed E-state index contributed by atoms with van der Waals surface area (Å²) < 4.78 is 32.2. The minimum Gasteiger partial charge on any atom is -0.399 e. The summed E-state index contributed by atoms with van der Waals surface area (Å²) in [6.07, 6.45) is 0. The molecule has 6 nitrogen and oxygen atoms in total. The molecule has 0 spiro atoms. The van der Waals surface area contributed by atoms with Crippen molar-refractivity contribution in [2.75, 3.05) is 37.4 Å². The number of morpholine rings is 1. The van der Waals surface area contributed by atoms with Crippen LogP contribution >= 0.6 is 0 Å². The van der Waals surface area contributed by atoms with Gasteiger partial charge in [-0.05, 0) is 39.1 Å². The van der Waals surface area contributed by atoms with Crippen molar-refractivity contribution in [3.05, 3.63) is 18.2 Å². The normalized spacial score (nSPS) is 19.1. The quantitative estimate of drug-likeness (QED) is 0.806. The van der Waals surface area contributed by atoms with Crippen LogP contribution in [0.5, 0.6) is 0 Å². The third kappa shape index (κ3) is 2.74. The molecule has 3 N–H and O–H groups in total. The van der Waals surface area contributed by atoms with E-state index in [4.69, 9.17) is 10.5 Å². The summed E-state index contributed by atoms with van der Waals surface area (Å²) >= 11 is 0. The average Bonchev–Trinajstić information content (AvgIpc) is 2.39. The molecule has 0 radical (unpaired) electrons. The van der Waals surface area contributed by atoms with Crippen LogP contribution in [-0.4, -0.2) is 40.8 Å². The minimum absolute atomic E-state index is 0.204. The molecule has 0 aliphatic carbocycles. The van der Waals surface area contributed by atoms with Gasteiger partial charge in [-0.15, -0.1) is 0 Å². The standard InChI is InChI=1S/C13H21N3O3S/c1-13(2)9-19-7-6-16(13)11-5-4-10(14)8-12(11)20(17,18)15-3/h4-5,8,15H,6-7,9,14H2,1-3H3. The predicted octanol–water partition coefficient (Wildman–Crippen LogP) is 0.792. The Bertz CT molecular complexity index is 599. The first-order valence-electron chi connectivity index (χ1n) is 6.46. The molecule has 2 rings (SSSR count). The Morgan fingerprint density at radius 1 is 1.40 bits per heavy atom. The molecule has 7 heteroatoms. The highest BCUT2D eigenvalue weighted by Gasteiger charge is 2.33. The fraction of sp³-hybridized carbons (Fsp3) is 0.538. The Hall–Kier alpha value is -1.31. The van der Waals surface area contributed by atoms with Crippen LogP contribution in [-0.2, 0) is 14.8 Å². The van der Waals surface area contributed by atoms with Gasteiger partial charge in [0, 0.05) is 12.2 Å². The molecule has 0 unspecified atom stereocenters. The molecule has 1 fully saturated rings. The maximum Gasteiger partial charge on any atom is 0.242 e. The van der Waals surface area contributed by atoms with Crippen LogP contribution in [0.3, 0.4) is 0 Å². The van der Waals surface area contributed by atoms with Crippen LogP contribution in [0.2, 0.25) is 0 Å². The van der Waals surface area contributed by atoms with Crippen molar-refractivity contribution in [1.82, 2.24) is 4.72 Å². The zero-order chi connectivity index (χ0) is 15.0. The fourth-order valence-electron chi connectivity index (χ4n) is 2.38. The van der Waals surface area contributed by atoms with Crippen molar-refractivity contribution in [2.45, 2.75) is 24.3 Å². The summed E-state index contributed by atoms with van der Waals surface area (Å²) in [4.78, 5) is 2.26. The number of nitrogens with one attached hydrogen (secondary N) is 1. The van der Waals surface area contributed by atoms with Crippen molar-refractivity contribution < 1.29 is 13.2 Å². The first-order valence-corrected chi connectivity index (χ1v) is 7.95. The van der Waals surface area contributed by atoms with E-state index in [0.717, 1.165) is 0 Å². The van der Waals surface area contributed by atoms with Crippen molar-refractivity contribution in [2.24, 2.45) is 0 Å². The first-order chi connectivity index (χ1) is 9.28. The van der Waals surface area contributed by atoms with Gasteiger partial charge < -0.3 is 15.4 Å². The predicted molar refractivity (Wildman–Crippen MR) is 79.3 cm³/mol. The van der Waals surface area contributed by atoms with Crippen LogP contribution in [0, 0.1) is 0 Å². The summed E-state index contributed by atoms with van der Waals surface area (Å²) in [5.74, 6) is 0. The van der Waals surface area contributed by atoms with E-state index in [1.165, 1.54) is 13.1 Å². The number of ether oxygens (including phenoxy) is 1. The lowest BCUT2D eigenvalue weighted by Crippen LogP contribution is -2.53. The molecule has 1 aliphatic rings. The van der Waals surface area contributed by atoms with E-state index in [9.17, 15) is 8.42 Å². The third-order valence-corrected chi connectivity index (χ3v) is 4.92. The molecule has 20 heavy (non-hydrogen) atoms. The SMILES string of the molecule is CNS(=O)(=O)c1cc(N)ccc1N1CCOCC1(C)C. The van der Waals surface area contributed by atoms with E-state index in [1.807, 2.05) is 13.8 Å². The zero-order valence-electron chi connectivity index (χ0n) is 12.0. The van der Waals surface area contributed by atoms with Gasteiger partial charge in [-0.1, -0.05) is 0 Å². The third-order valence-electron chi connectivity index (χ3n) is 3.48. The monoisotopic (exact) mass is 299 g/mol. The minimum atomic E-state index is -3.56. The van der Waals surface area contributed by atoms with Crippen LogP contribution in [0.4, 0.5) is 11.4 Å². The van der Waals surface area contributed by atoms with E-state index in [2.05, 4.69) is 9.62 Å². The van der Waals surface area contributed by atoms with E-state index < -0.39 is 10.0 Å². The number of hydrogen-bond acceptors (Lipinski definition) is 5. The van der Waals surface area contributed by atoms with Gasteiger partial charge >= 0.3 is 0 Å². The van der Waals surface area contributed by atoms with Crippen molar-refractivity contribution in [3.8, 4) is 0 Å². The number of anilines is 2. The number of nitrogen functional groups attached to an aromatic ring is 1. The van der Waals surface area contributed by atoms with Gasteiger partial charge in [0.25, 0.3) is 0 Å². The summed E-state index contributed by atoms with van der Waals surface area (Å²) in [6.45, 7) is 5.82. The van der Waals surface area contributed by atoms with E-state index in [-0.39, 0.29) is 10.4 Å². The summed E-state index contributed by atoms with van der Waals surface area (Å²) in [6, 6.07) is 4.97. The van der Waals surface area contributed by atoms with Gasteiger partial charge in [-0.3, -0.25) is 0 Å². The number of nitrogens with two attached hydrogens (primary N) is 1.